The molecule has 0 aromatic carbocycles. The van der Waals surface area contributed by atoms with Crippen molar-refractivity contribution in [1.82, 2.24) is 58.4 Å². The number of hydrogen-bond donors (Lipinski definition) is 8. The number of nitrogens with zero attached hydrogens (tertiary/aromatic N) is 17. The third-order valence-corrected chi connectivity index (χ3v) is 24.2. The van der Waals surface area contributed by atoms with Crippen LogP contribution >= 0.6 is 63.7 Å². The van der Waals surface area contributed by atoms with Crippen LogP contribution in [0, 0.1) is 35.5 Å². The zero-order valence-electron chi connectivity index (χ0n) is 63.2. The minimum atomic E-state index is 0.204. The smallest absolute Gasteiger partial charge is 0.173 e. The first-order valence-corrected chi connectivity index (χ1v) is 41.8. The van der Waals surface area contributed by atoms with Crippen molar-refractivity contribution in [2.45, 2.75) is 141 Å². The molecule has 1 saturated heterocycles. The molecule has 12 aromatic heterocycles. The van der Waals surface area contributed by atoms with Crippen molar-refractivity contribution in [3.8, 4) is 0 Å². The Bertz CT molecular complexity index is 4880. The van der Waals surface area contributed by atoms with E-state index in [2.05, 4.69) is 184 Å². The maximum Gasteiger partial charge on any atom is 0.173 e. The third kappa shape index (κ3) is 20.4. The van der Waals surface area contributed by atoms with Crippen molar-refractivity contribution in [3.05, 3.63) is 204 Å². The van der Waals surface area contributed by atoms with Crippen LogP contribution in [0.25, 0.3) is 22.6 Å². The Morgan fingerprint density at radius 2 is 0.700 bits per heavy atom. The van der Waals surface area contributed by atoms with E-state index < -0.39 is 0 Å². The molecule has 3 saturated carbocycles. The fourth-order valence-corrected chi connectivity index (χ4v) is 17.6. The zero-order chi connectivity index (χ0) is 76.6. The van der Waals surface area contributed by atoms with Crippen LogP contribution in [0.15, 0.2) is 165 Å². The topological polar surface area (TPSA) is 269 Å². The number of nitrogens with one attached hydrogen (secondary N) is 4. The van der Waals surface area contributed by atoms with Crippen LogP contribution in [0.1, 0.15) is 129 Å². The lowest BCUT2D eigenvalue weighted by atomic mass is 9.77. The average Bonchev–Trinajstić information content (AvgIpc) is 1.58. The van der Waals surface area contributed by atoms with Crippen molar-refractivity contribution < 1.29 is 38.7 Å². The van der Waals surface area contributed by atoms with Crippen LogP contribution in [-0.4, -0.2) is 118 Å². The average molecular weight is 1750 g/mol. The fourth-order valence-electron chi connectivity index (χ4n) is 16.2. The number of pyridine rings is 4. The van der Waals surface area contributed by atoms with E-state index in [9.17, 15) is 20.4 Å². The monoisotopic (exact) mass is 1750 g/mol. The van der Waals surface area contributed by atoms with Crippen LogP contribution < -0.4 is 44.4 Å². The lowest BCUT2D eigenvalue weighted by Crippen LogP contribution is -2.40. The van der Waals surface area contributed by atoms with Gasteiger partial charge in [-0.05, 0) is 207 Å². The molecular formula is C81H103Br4N21O4+4. The Hall–Kier alpha value is -8.16. The summed E-state index contributed by atoms with van der Waals surface area (Å²) in [6.07, 6.45) is 42.3. The third-order valence-electron chi connectivity index (χ3n) is 22.0. The molecule has 16 rings (SSSR count). The zero-order valence-corrected chi connectivity index (χ0v) is 69.5. The minimum Gasteiger partial charge on any atom is -0.396 e. The Morgan fingerprint density at radius 3 is 1.04 bits per heavy atom. The van der Waals surface area contributed by atoms with Crippen LogP contribution in [0.2, 0.25) is 0 Å². The SMILES string of the molecule is C[n+]1cccc(CNc2cc(C[C@@H]3CCCC[C@@H]3CO)nc3c(Br)cnn23)c1.C[n+]1cccc(CNc2cc(C[C@@H]3CCC[C@@H]3CO)nc3c(Br)cnn23)c1.C[n+]1cccc(CNc2cc(C[C@H]3CCC[C@H]3CO)nc3c(Br)cnn23)c1.C[n+]1cccc(CNc2cc(N3CCCC[C@H]3CCO)nc3c(Br)cnn23)c1. The van der Waals surface area contributed by atoms with Crippen molar-refractivity contribution in [2.75, 3.05) is 59.1 Å². The summed E-state index contributed by atoms with van der Waals surface area (Å²) in [6, 6.07) is 25.3. The molecule has 7 atom stereocenters. The lowest BCUT2D eigenvalue weighted by Gasteiger charge is -2.36. The second kappa shape index (κ2) is 38.4. The Morgan fingerprint density at radius 1 is 0.391 bits per heavy atom. The van der Waals surface area contributed by atoms with Crippen LogP contribution in [-0.2, 0) is 73.6 Å². The van der Waals surface area contributed by atoms with Crippen molar-refractivity contribution in [1.29, 1.82) is 0 Å². The number of aliphatic hydroxyl groups is 4. The summed E-state index contributed by atoms with van der Waals surface area (Å²) >= 11 is 14.3. The number of rotatable bonds is 24. The van der Waals surface area contributed by atoms with Gasteiger partial charge in [-0.1, -0.05) is 25.7 Å². The van der Waals surface area contributed by atoms with Gasteiger partial charge in [0, 0.05) is 153 Å². The molecule has 3 aliphatic carbocycles. The first-order chi connectivity index (χ1) is 53.6. The second-order valence-electron chi connectivity index (χ2n) is 30.0. The number of fused-ring (bicyclic) bond motifs is 4. The van der Waals surface area contributed by atoms with Crippen LogP contribution in [0.3, 0.4) is 0 Å². The number of aromatic nitrogens is 16. The maximum atomic E-state index is 9.75. The minimum absolute atomic E-state index is 0.204. The summed E-state index contributed by atoms with van der Waals surface area (Å²) < 4.78 is 19.1. The summed E-state index contributed by atoms with van der Waals surface area (Å²) in [6.45, 7) is 4.85. The van der Waals surface area contributed by atoms with Gasteiger partial charge in [-0.15, -0.1) is 0 Å². The van der Waals surface area contributed by atoms with Crippen molar-refractivity contribution in [3.63, 3.8) is 0 Å². The molecule has 580 valence electrons. The predicted octanol–water partition coefficient (Wildman–Crippen LogP) is 11.7. The maximum absolute atomic E-state index is 9.75. The highest BCUT2D eigenvalue weighted by atomic mass is 79.9. The van der Waals surface area contributed by atoms with Gasteiger partial charge >= 0.3 is 0 Å². The highest BCUT2D eigenvalue weighted by Crippen LogP contribution is 2.38. The van der Waals surface area contributed by atoms with Gasteiger partial charge in [-0.2, -0.15) is 38.5 Å². The van der Waals surface area contributed by atoms with Crippen LogP contribution in [0.4, 0.5) is 29.1 Å². The van der Waals surface area contributed by atoms with Gasteiger partial charge in [-0.25, -0.2) is 38.2 Å². The molecule has 8 N–H and O–H groups in total. The van der Waals surface area contributed by atoms with Gasteiger partial charge < -0.3 is 46.6 Å². The molecule has 1 aliphatic heterocycles. The summed E-state index contributed by atoms with van der Waals surface area (Å²) in [7, 11) is 8.10. The first kappa shape index (κ1) is 79.9. The number of hydrogen-bond acceptors (Lipinski definition) is 17. The van der Waals surface area contributed by atoms with E-state index in [0.717, 1.165) is 151 Å². The van der Waals surface area contributed by atoms with Gasteiger partial charge in [0.15, 0.2) is 72.2 Å². The number of aryl methyl sites for hydroxylation is 4. The molecule has 25 nitrogen and oxygen atoms in total. The standard InChI is InChI=1S/C21H27BrN5O.C20H26BrN6O.2C20H25BrN5O/c1-26-8-4-5-15(13-26)11-23-20-10-18(25-21-19(22)12-24-27(20)21)9-16-6-2-3-7-17(16)14-28;1-25-8-4-5-15(14-25)12-22-18-11-19(24-20-17(21)13-23-27(18)20)26-9-3-2-6-16(26)7-10-28;2*1-25-7-3-4-14(12-25)10-22-19-9-17(8-15-5-2-6-16(15)13-27)24-20-18(21)11-23-26(19)20/h4-5,8,10,12-13,16-17,23,28H,2-3,6-7,9,11,14H2,1H3;4-5,8,11,13-14,16,22,28H,2-3,6-7,9-10,12H2,1H3;2*3-4,7,9,11-12,15-16,22,27H,2,5-6,8,10,13H2,1H3/q4*+1/t16-,17+;16-;2*15-,16+/m0010/s1. The van der Waals surface area contributed by atoms with Crippen LogP contribution in [0.5, 0.6) is 0 Å². The largest absolute Gasteiger partial charge is 0.396 e. The van der Waals surface area contributed by atoms with Gasteiger partial charge in [-0.3, -0.25) is 0 Å². The molecule has 110 heavy (non-hydrogen) atoms. The van der Waals surface area contributed by atoms with Gasteiger partial charge in [0.25, 0.3) is 0 Å². The predicted molar refractivity (Wildman–Crippen MR) is 439 cm³/mol. The van der Waals surface area contributed by atoms with Gasteiger partial charge in [0.2, 0.25) is 0 Å². The highest BCUT2D eigenvalue weighted by Gasteiger charge is 2.31. The van der Waals surface area contributed by atoms with Gasteiger partial charge in [0.1, 0.15) is 57.3 Å². The molecule has 0 spiro atoms. The summed E-state index contributed by atoms with van der Waals surface area (Å²) in [5.74, 6) is 7.36. The Kier molecular flexibility index (Phi) is 27.9. The molecule has 4 fully saturated rings. The van der Waals surface area contributed by atoms with E-state index in [1.807, 2.05) is 114 Å². The molecule has 29 heteroatoms. The molecule has 13 heterocycles. The first-order valence-electron chi connectivity index (χ1n) is 38.6. The number of piperidine rings is 1. The van der Waals surface area contributed by atoms with Gasteiger partial charge in [0.05, 0.1) is 42.7 Å². The van der Waals surface area contributed by atoms with E-state index in [0.29, 0.717) is 67.7 Å². The fraction of sp³-hybridized carbons (Fsp3) is 0.457. The number of aliphatic hydroxyl groups excluding tert-OH is 4. The molecule has 0 bridgehead atoms. The Labute approximate surface area is 676 Å². The molecule has 0 unspecified atom stereocenters. The highest BCUT2D eigenvalue weighted by molar-refractivity contribution is 9.11. The second-order valence-corrected chi connectivity index (χ2v) is 33.4. The molecule has 0 radical (unpaired) electrons. The molecule has 0 amide bonds. The number of anilines is 5. The normalized spacial score (nSPS) is 19.1. The molecule has 12 aromatic rings. The lowest BCUT2D eigenvalue weighted by molar-refractivity contribution is -0.672. The van der Waals surface area contributed by atoms with E-state index in [4.69, 9.17) is 19.9 Å². The molecular weight excluding hydrogens is 1650 g/mol. The van der Waals surface area contributed by atoms with Crippen molar-refractivity contribution >= 4 is 115 Å². The van der Waals surface area contributed by atoms with Crippen molar-refractivity contribution in [2.24, 2.45) is 63.7 Å². The van der Waals surface area contributed by atoms with E-state index in [-0.39, 0.29) is 26.4 Å². The summed E-state index contributed by atoms with van der Waals surface area (Å²) in [4.78, 5) is 21.7. The van der Waals surface area contributed by atoms with E-state index in [1.165, 1.54) is 73.6 Å². The van der Waals surface area contributed by atoms with E-state index in [1.54, 1.807) is 24.8 Å². The number of halogens is 4. The quantitative estimate of drug-likeness (QED) is 0.0261. The van der Waals surface area contributed by atoms with E-state index >= 15 is 0 Å². The molecule has 4 aliphatic rings. The summed E-state index contributed by atoms with van der Waals surface area (Å²) in [5.41, 5.74) is 11.2. The summed E-state index contributed by atoms with van der Waals surface area (Å²) in [5, 5.41) is 70.4. The Balaban J connectivity index is 0.000000129.